The highest BCUT2D eigenvalue weighted by Crippen LogP contribution is 2.23. The summed E-state index contributed by atoms with van der Waals surface area (Å²) in [5.41, 5.74) is 1.89. The van der Waals surface area contributed by atoms with Crippen molar-refractivity contribution in [1.82, 2.24) is 4.98 Å². The van der Waals surface area contributed by atoms with Crippen molar-refractivity contribution >= 4 is 22.4 Å². The van der Waals surface area contributed by atoms with Crippen molar-refractivity contribution in [3.8, 4) is 0 Å². The average Bonchev–Trinajstić information content (AvgIpc) is 2.81. The normalized spacial score (nSPS) is 12.1. The number of aromatic carboxylic acids is 1. The molecule has 0 aliphatic rings. The Labute approximate surface area is 122 Å². The van der Waals surface area contributed by atoms with Crippen LogP contribution in [0.5, 0.6) is 0 Å². The zero-order valence-electron chi connectivity index (χ0n) is 11.6. The van der Waals surface area contributed by atoms with Gasteiger partial charge < -0.3 is 10.4 Å². The number of carboxylic acids is 1. The fourth-order valence-corrected chi connectivity index (χ4v) is 2.85. The van der Waals surface area contributed by atoms with Crippen LogP contribution in [-0.4, -0.2) is 22.6 Å². The lowest BCUT2D eigenvalue weighted by Crippen LogP contribution is -2.05. The van der Waals surface area contributed by atoms with E-state index < -0.39 is 5.97 Å². The van der Waals surface area contributed by atoms with Gasteiger partial charge in [-0.2, -0.15) is 0 Å². The van der Waals surface area contributed by atoms with Gasteiger partial charge in [0.1, 0.15) is 4.88 Å². The first-order valence-corrected chi connectivity index (χ1v) is 7.39. The molecule has 0 aliphatic carbocycles. The summed E-state index contributed by atoms with van der Waals surface area (Å²) in [7, 11) is 0. The van der Waals surface area contributed by atoms with Gasteiger partial charge in [0.05, 0.1) is 5.69 Å². The zero-order chi connectivity index (χ0) is 14.5. The van der Waals surface area contributed by atoms with Gasteiger partial charge in [-0.05, 0) is 24.8 Å². The minimum absolute atomic E-state index is 0.309. The summed E-state index contributed by atoms with van der Waals surface area (Å²) in [5.74, 6) is -0.450. The first-order chi connectivity index (χ1) is 9.58. The molecule has 1 heterocycles. The summed E-state index contributed by atoms with van der Waals surface area (Å²) >= 11 is 1.19. The molecule has 20 heavy (non-hydrogen) atoms. The monoisotopic (exact) mass is 290 g/mol. The van der Waals surface area contributed by atoms with Crippen LogP contribution in [0.1, 0.15) is 40.2 Å². The van der Waals surface area contributed by atoms with Gasteiger partial charge >= 0.3 is 5.97 Å². The van der Waals surface area contributed by atoms with E-state index in [1.54, 1.807) is 6.92 Å². The molecule has 1 aromatic heterocycles. The van der Waals surface area contributed by atoms with Crippen molar-refractivity contribution in [2.45, 2.75) is 26.2 Å². The van der Waals surface area contributed by atoms with Gasteiger partial charge in [-0.3, -0.25) is 0 Å². The van der Waals surface area contributed by atoms with Crippen LogP contribution >= 0.6 is 11.3 Å². The lowest BCUT2D eigenvalue weighted by atomic mass is 9.98. The van der Waals surface area contributed by atoms with Crippen LogP contribution in [0.3, 0.4) is 0 Å². The number of nitrogens with zero attached hydrogens (tertiary/aromatic N) is 1. The van der Waals surface area contributed by atoms with Gasteiger partial charge in [-0.25, -0.2) is 9.78 Å². The van der Waals surface area contributed by atoms with Gasteiger partial charge in [0, 0.05) is 6.54 Å². The number of hydrogen-bond donors (Lipinski definition) is 2. The number of carboxylic acid groups (broad SMARTS) is 1. The summed E-state index contributed by atoms with van der Waals surface area (Å²) in [6.07, 6.45) is 0.977. The van der Waals surface area contributed by atoms with Gasteiger partial charge in [-0.1, -0.05) is 48.6 Å². The molecule has 5 heteroatoms. The largest absolute Gasteiger partial charge is 0.477 e. The first-order valence-electron chi connectivity index (χ1n) is 6.57. The van der Waals surface area contributed by atoms with Gasteiger partial charge in [0.15, 0.2) is 5.13 Å². The van der Waals surface area contributed by atoms with Crippen LogP contribution < -0.4 is 5.32 Å². The molecule has 0 spiro atoms. The average molecular weight is 290 g/mol. The van der Waals surface area contributed by atoms with Gasteiger partial charge in [0.2, 0.25) is 0 Å². The summed E-state index contributed by atoms with van der Waals surface area (Å²) in [4.78, 5) is 15.5. The number of hydrogen-bond acceptors (Lipinski definition) is 4. The second-order valence-electron chi connectivity index (χ2n) is 4.77. The zero-order valence-corrected chi connectivity index (χ0v) is 12.4. The lowest BCUT2D eigenvalue weighted by molar-refractivity contribution is 0.0701. The summed E-state index contributed by atoms with van der Waals surface area (Å²) < 4.78 is 0. The molecule has 0 saturated carbocycles. The predicted octanol–water partition coefficient (Wildman–Crippen LogP) is 3.76. The highest BCUT2D eigenvalue weighted by Gasteiger charge is 2.13. The third-order valence-corrected chi connectivity index (χ3v) is 4.32. The topological polar surface area (TPSA) is 62.2 Å². The molecule has 0 bridgehead atoms. The maximum atomic E-state index is 10.9. The van der Waals surface area contributed by atoms with E-state index in [-0.39, 0.29) is 0 Å². The van der Waals surface area contributed by atoms with Gasteiger partial charge in [-0.15, -0.1) is 0 Å². The lowest BCUT2D eigenvalue weighted by Gasteiger charge is -2.11. The van der Waals surface area contributed by atoms with Crippen LogP contribution in [0.4, 0.5) is 5.13 Å². The molecule has 0 fully saturated rings. The van der Waals surface area contributed by atoms with Crippen molar-refractivity contribution in [2.75, 3.05) is 11.9 Å². The summed E-state index contributed by atoms with van der Waals surface area (Å²) in [5, 5.41) is 12.9. The minimum Gasteiger partial charge on any atom is -0.477 e. The molecule has 106 valence electrons. The number of nitrogens with one attached hydrogen (secondary N) is 1. The SMILES string of the molecule is Cc1nc(NCCC(C)c2ccccc2)sc1C(=O)O. The molecule has 0 radical (unpaired) electrons. The maximum absolute atomic E-state index is 10.9. The van der Waals surface area contributed by atoms with Crippen molar-refractivity contribution in [1.29, 1.82) is 0 Å². The minimum atomic E-state index is -0.911. The number of anilines is 1. The van der Waals surface area contributed by atoms with E-state index in [2.05, 4.69) is 29.4 Å². The quantitative estimate of drug-likeness (QED) is 0.850. The smallest absolute Gasteiger partial charge is 0.347 e. The van der Waals surface area contributed by atoms with E-state index in [9.17, 15) is 4.79 Å². The number of rotatable bonds is 6. The maximum Gasteiger partial charge on any atom is 0.347 e. The van der Waals surface area contributed by atoms with Crippen molar-refractivity contribution in [2.24, 2.45) is 0 Å². The van der Waals surface area contributed by atoms with E-state index in [0.717, 1.165) is 13.0 Å². The van der Waals surface area contributed by atoms with Crippen molar-refractivity contribution in [3.05, 3.63) is 46.5 Å². The number of aryl methyl sites for hydroxylation is 1. The van der Waals surface area contributed by atoms with Crippen LogP contribution in [0.2, 0.25) is 0 Å². The Morgan fingerprint density at radius 1 is 1.40 bits per heavy atom. The molecule has 2 N–H and O–H groups in total. The third kappa shape index (κ3) is 3.57. The second-order valence-corrected chi connectivity index (χ2v) is 5.76. The van der Waals surface area contributed by atoms with Crippen LogP contribution in [-0.2, 0) is 0 Å². The molecular weight excluding hydrogens is 272 g/mol. The Morgan fingerprint density at radius 3 is 2.70 bits per heavy atom. The van der Waals surface area contributed by atoms with E-state index in [0.29, 0.717) is 21.6 Å². The Morgan fingerprint density at radius 2 is 2.10 bits per heavy atom. The third-order valence-electron chi connectivity index (χ3n) is 3.21. The van der Waals surface area contributed by atoms with Crippen molar-refractivity contribution in [3.63, 3.8) is 0 Å². The molecule has 2 rings (SSSR count). The fourth-order valence-electron chi connectivity index (χ4n) is 2.01. The Bertz CT molecular complexity index is 581. The molecule has 4 nitrogen and oxygen atoms in total. The molecule has 0 amide bonds. The summed E-state index contributed by atoms with van der Waals surface area (Å²) in [6, 6.07) is 10.4. The summed E-state index contributed by atoms with van der Waals surface area (Å²) in [6.45, 7) is 4.69. The van der Waals surface area contributed by atoms with Crippen LogP contribution in [0.15, 0.2) is 30.3 Å². The van der Waals surface area contributed by atoms with E-state index >= 15 is 0 Å². The van der Waals surface area contributed by atoms with Crippen molar-refractivity contribution < 1.29 is 9.90 Å². The highest BCUT2D eigenvalue weighted by molar-refractivity contribution is 7.17. The van der Waals surface area contributed by atoms with E-state index in [1.807, 2.05) is 18.2 Å². The molecule has 0 saturated heterocycles. The Hall–Kier alpha value is -1.88. The molecule has 1 aromatic carbocycles. The van der Waals surface area contributed by atoms with Crippen LogP contribution in [0, 0.1) is 6.92 Å². The van der Waals surface area contributed by atoms with Gasteiger partial charge in [0.25, 0.3) is 0 Å². The molecule has 0 aliphatic heterocycles. The highest BCUT2D eigenvalue weighted by atomic mass is 32.1. The molecular formula is C15H18N2O2S. The Balaban J connectivity index is 1.87. The first kappa shape index (κ1) is 14.5. The number of carbonyl (C=O) groups is 1. The van der Waals surface area contributed by atoms with Crippen LogP contribution in [0.25, 0.3) is 0 Å². The molecule has 1 unspecified atom stereocenters. The number of benzene rings is 1. The molecule has 1 atom stereocenters. The Kier molecular flexibility index (Phi) is 4.74. The fraction of sp³-hybridized carbons (Fsp3) is 0.333. The molecule has 2 aromatic rings. The standard InChI is InChI=1S/C15H18N2O2S/c1-10(12-6-4-3-5-7-12)8-9-16-15-17-11(2)13(20-15)14(18)19/h3-7,10H,8-9H2,1-2H3,(H,16,17)(H,18,19). The second kappa shape index (κ2) is 6.52. The van der Waals surface area contributed by atoms with E-state index in [4.69, 9.17) is 5.11 Å². The van der Waals surface area contributed by atoms with E-state index in [1.165, 1.54) is 16.9 Å². The number of aromatic nitrogens is 1. The predicted molar refractivity (Wildman–Crippen MR) is 81.8 cm³/mol. The number of thiazole rings is 1.